The molecule has 0 aliphatic rings. The summed E-state index contributed by atoms with van der Waals surface area (Å²) in [5, 5.41) is 8.99. The Bertz CT molecular complexity index is 458. The molecule has 0 aliphatic heterocycles. The van der Waals surface area contributed by atoms with Crippen LogP contribution in [-0.4, -0.2) is 23.7 Å². The number of allylic oxidation sites excluding steroid dienone is 2. The summed E-state index contributed by atoms with van der Waals surface area (Å²) in [6.07, 6.45) is 28.0. The van der Waals surface area contributed by atoms with Gasteiger partial charge in [-0.3, -0.25) is 9.59 Å². The van der Waals surface area contributed by atoms with Gasteiger partial charge < -0.3 is 9.84 Å². The van der Waals surface area contributed by atoms with E-state index in [1.807, 2.05) is 13.0 Å². The van der Waals surface area contributed by atoms with Crippen LogP contribution in [0.25, 0.3) is 0 Å². The van der Waals surface area contributed by atoms with Gasteiger partial charge in [0.2, 0.25) is 0 Å². The van der Waals surface area contributed by atoms with Gasteiger partial charge in [0.25, 0.3) is 0 Å². The quantitative estimate of drug-likeness (QED) is 0.0904. The summed E-state index contributed by atoms with van der Waals surface area (Å²) in [5.74, 6) is -1.91. The lowest BCUT2D eigenvalue weighted by atomic mass is 10.0. The Hall–Kier alpha value is -1.32. The molecule has 4 nitrogen and oxygen atoms in total. The van der Waals surface area contributed by atoms with Crippen LogP contribution in [0.1, 0.15) is 142 Å². The maximum Gasteiger partial charge on any atom is 0.309 e. The summed E-state index contributed by atoms with van der Waals surface area (Å²) in [6, 6.07) is 0. The summed E-state index contributed by atoms with van der Waals surface area (Å²) in [6.45, 7) is 4.56. The number of hydrogen-bond donors (Lipinski definition) is 1. The predicted molar refractivity (Wildman–Crippen MR) is 135 cm³/mol. The monoisotopic (exact) mass is 452 g/mol. The van der Waals surface area contributed by atoms with Gasteiger partial charge in [-0.2, -0.15) is 0 Å². The van der Waals surface area contributed by atoms with Crippen LogP contribution in [0.4, 0.5) is 0 Å². The number of carbonyl (C=O) groups is 2. The zero-order valence-electron chi connectivity index (χ0n) is 21.3. The predicted octanol–water partition coefficient (Wildman–Crippen LogP) is 8.63. The van der Waals surface area contributed by atoms with Gasteiger partial charge >= 0.3 is 11.9 Å². The number of carboxylic acids is 1. The molecule has 1 N–H and O–H groups in total. The molecule has 0 aromatic rings. The molecule has 0 fully saturated rings. The zero-order valence-corrected chi connectivity index (χ0v) is 21.3. The van der Waals surface area contributed by atoms with Gasteiger partial charge in [-0.05, 0) is 25.7 Å². The van der Waals surface area contributed by atoms with Gasteiger partial charge in [-0.1, -0.05) is 122 Å². The molecule has 1 unspecified atom stereocenters. The van der Waals surface area contributed by atoms with E-state index in [-0.39, 0.29) is 12.4 Å². The maximum atomic E-state index is 11.9. The van der Waals surface area contributed by atoms with Crippen LogP contribution in [0.15, 0.2) is 12.2 Å². The molecule has 0 spiro atoms. The van der Waals surface area contributed by atoms with Crippen LogP contribution in [0, 0.1) is 5.92 Å². The number of carboxylic acid groups (broad SMARTS) is 1. The minimum absolute atomic E-state index is 0.161. The van der Waals surface area contributed by atoms with E-state index in [0.717, 1.165) is 12.8 Å². The fourth-order valence-electron chi connectivity index (χ4n) is 3.98. The van der Waals surface area contributed by atoms with Gasteiger partial charge in [0.05, 0.1) is 18.9 Å². The number of ether oxygens (including phenoxy) is 1. The molecule has 0 saturated carbocycles. The van der Waals surface area contributed by atoms with Crippen molar-refractivity contribution >= 4 is 11.9 Å². The van der Waals surface area contributed by atoms with Crippen molar-refractivity contribution in [3.05, 3.63) is 12.2 Å². The van der Waals surface area contributed by atoms with Crippen molar-refractivity contribution in [2.45, 2.75) is 142 Å². The molecular weight excluding hydrogens is 400 g/mol. The zero-order chi connectivity index (χ0) is 23.7. The van der Waals surface area contributed by atoms with Gasteiger partial charge in [0, 0.05) is 0 Å². The Morgan fingerprint density at radius 3 is 1.59 bits per heavy atom. The normalized spacial score (nSPS) is 12.3. The topological polar surface area (TPSA) is 63.6 Å². The third kappa shape index (κ3) is 21.9. The number of hydrogen-bond acceptors (Lipinski definition) is 3. The van der Waals surface area contributed by atoms with Crippen LogP contribution < -0.4 is 0 Å². The average molecular weight is 453 g/mol. The van der Waals surface area contributed by atoms with E-state index >= 15 is 0 Å². The first kappa shape index (κ1) is 30.7. The van der Waals surface area contributed by atoms with Crippen LogP contribution >= 0.6 is 0 Å². The second-order valence-corrected chi connectivity index (χ2v) is 9.26. The van der Waals surface area contributed by atoms with E-state index in [4.69, 9.17) is 9.84 Å². The van der Waals surface area contributed by atoms with Gasteiger partial charge in [0.15, 0.2) is 0 Å². The van der Waals surface area contributed by atoms with Gasteiger partial charge in [-0.15, -0.1) is 0 Å². The van der Waals surface area contributed by atoms with Crippen LogP contribution in [0.5, 0.6) is 0 Å². The van der Waals surface area contributed by atoms with Crippen molar-refractivity contribution in [1.82, 2.24) is 0 Å². The fraction of sp³-hybridized carbons (Fsp3) is 0.857. The summed E-state index contributed by atoms with van der Waals surface area (Å²) in [4.78, 5) is 22.9. The lowest BCUT2D eigenvalue weighted by Crippen LogP contribution is -2.20. The molecule has 0 aromatic heterocycles. The highest BCUT2D eigenvalue weighted by Crippen LogP contribution is 2.15. The van der Waals surface area contributed by atoms with Crippen LogP contribution in [0.3, 0.4) is 0 Å². The van der Waals surface area contributed by atoms with E-state index in [1.165, 1.54) is 103 Å². The van der Waals surface area contributed by atoms with Crippen molar-refractivity contribution in [1.29, 1.82) is 0 Å². The van der Waals surface area contributed by atoms with Crippen LogP contribution in [0.2, 0.25) is 0 Å². The number of unbranched alkanes of at least 4 members (excludes halogenated alkanes) is 16. The fourth-order valence-corrected chi connectivity index (χ4v) is 3.98. The highest BCUT2D eigenvalue weighted by molar-refractivity contribution is 5.79. The molecular formula is C28H52O4. The molecule has 0 bridgehead atoms. The minimum Gasteiger partial charge on any atom is -0.481 e. The molecule has 0 aliphatic carbocycles. The van der Waals surface area contributed by atoms with Crippen LogP contribution in [-0.2, 0) is 14.3 Å². The first-order valence-corrected chi connectivity index (χ1v) is 13.6. The van der Waals surface area contributed by atoms with Crippen molar-refractivity contribution in [3.8, 4) is 0 Å². The molecule has 0 saturated heterocycles. The first-order chi connectivity index (χ1) is 15.6. The summed E-state index contributed by atoms with van der Waals surface area (Å²) in [5.41, 5.74) is 0. The maximum absolute atomic E-state index is 11.9. The molecule has 188 valence electrons. The number of aliphatic carboxylic acids is 1. The summed E-state index contributed by atoms with van der Waals surface area (Å²) < 4.78 is 5.11. The molecule has 0 radical (unpaired) electrons. The summed E-state index contributed by atoms with van der Waals surface area (Å²) >= 11 is 0. The van der Waals surface area contributed by atoms with Gasteiger partial charge in [0.1, 0.15) is 0 Å². The second kappa shape index (κ2) is 24.3. The Kier molecular flexibility index (Phi) is 23.3. The van der Waals surface area contributed by atoms with E-state index < -0.39 is 11.9 Å². The SMILES string of the molecule is CCCCCCCCCCCCCCCCCC/C=C/CC(CC(=O)O)C(=O)OCCC. The van der Waals surface area contributed by atoms with E-state index in [2.05, 4.69) is 13.0 Å². The largest absolute Gasteiger partial charge is 0.481 e. The summed E-state index contributed by atoms with van der Waals surface area (Å²) in [7, 11) is 0. The third-order valence-electron chi connectivity index (χ3n) is 6.01. The minimum atomic E-state index is -0.949. The highest BCUT2D eigenvalue weighted by Gasteiger charge is 2.21. The number of rotatable bonds is 24. The van der Waals surface area contributed by atoms with E-state index in [0.29, 0.717) is 13.0 Å². The average Bonchev–Trinajstić information content (AvgIpc) is 2.77. The van der Waals surface area contributed by atoms with Gasteiger partial charge in [-0.25, -0.2) is 0 Å². The molecule has 0 aromatic carbocycles. The first-order valence-electron chi connectivity index (χ1n) is 13.6. The van der Waals surface area contributed by atoms with Crippen molar-refractivity contribution in [2.75, 3.05) is 6.61 Å². The lowest BCUT2D eigenvalue weighted by Gasteiger charge is -2.11. The molecule has 4 heteroatoms. The molecule has 1 atom stereocenters. The molecule has 0 amide bonds. The Morgan fingerprint density at radius 2 is 1.16 bits per heavy atom. The number of esters is 1. The molecule has 32 heavy (non-hydrogen) atoms. The molecule has 0 rings (SSSR count). The third-order valence-corrected chi connectivity index (χ3v) is 6.01. The second-order valence-electron chi connectivity index (χ2n) is 9.26. The van der Waals surface area contributed by atoms with Crippen molar-refractivity contribution < 1.29 is 19.4 Å². The Morgan fingerprint density at radius 1 is 0.688 bits per heavy atom. The highest BCUT2D eigenvalue weighted by atomic mass is 16.5. The van der Waals surface area contributed by atoms with Crippen molar-refractivity contribution in [3.63, 3.8) is 0 Å². The lowest BCUT2D eigenvalue weighted by molar-refractivity contribution is -0.153. The standard InChI is InChI=1S/C28H52O4/c1-3-5-6-7-8-9-10-11-12-13-14-15-16-17-18-19-20-21-22-23-26(25-27(29)30)28(31)32-24-4-2/h21-22,26H,3-20,23-25H2,1-2H3,(H,29,30)/b22-21+. The van der Waals surface area contributed by atoms with E-state index in [9.17, 15) is 9.59 Å². The van der Waals surface area contributed by atoms with E-state index in [1.54, 1.807) is 0 Å². The number of carbonyl (C=O) groups excluding carboxylic acids is 1. The molecule has 0 heterocycles. The smallest absolute Gasteiger partial charge is 0.309 e. The Labute approximate surface area is 198 Å². The van der Waals surface area contributed by atoms with Crippen molar-refractivity contribution in [2.24, 2.45) is 5.92 Å². The Balaban J connectivity index is 3.50.